The quantitative estimate of drug-likeness (QED) is 0.907. The average Bonchev–Trinajstić information content (AvgIpc) is 2.52. The first-order valence-corrected chi connectivity index (χ1v) is 8.28. The Morgan fingerprint density at radius 3 is 2.81 bits per heavy atom. The van der Waals surface area contributed by atoms with Crippen LogP contribution in [0.3, 0.4) is 0 Å². The average molecular weight is 320 g/mol. The standard InChI is InChI=1S/C17H18ClNOS/c1-20-12-8-6-11-7-9-16(17(19)13(11)10-12)21-15-5-3-2-4-14(15)18/h2-6,8,10,16-17H,7,9,19H2,1H3. The molecule has 0 fully saturated rings. The summed E-state index contributed by atoms with van der Waals surface area (Å²) in [5, 5.41) is 1.13. The molecule has 3 rings (SSSR count). The summed E-state index contributed by atoms with van der Waals surface area (Å²) in [5.41, 5.74) is 9.02. The second kappa shape index (κ2) is 6.30. The van der Waals surface area contributed by atoms with Gasteiger partial charge in [0.1, 0.15) is 5.75 Å². The molecule has 0 heterocycles. The van der Waals surface area contributed by atoms with E-state index in [9.17, 15) is 0 Å². The molecule has 1 aliphatic carbocycles. The second-order valence-electron chi connectivity index (χ2n) is 5.22. The van der Waals surface area contributed by atoms with Crippen LogP contribution >= 0.6 is 23.4 Å². The third kappa shape index (κ3) is 3.05. The summed E-state index contributed by atoms with van der Waals surface area (Å²) in [6.45, 7) is 0. The van der Waals surface area contributed by atoms with E-state index in [-0.39, 0.29) is 6.04 Å². The van der Waals surface area contributed by atoms with Crippen molar-refractivity contribution in [3.8, 4) is 5.75 Å². The van der Waals surface area contributed by atoms with Gasteiger partial charge in [-0.05, 0) is 48.2 Å². The second-order valence-corrected chi connectivity index (χ2v) is 6.90. The summed E-state index contributed by atoms with van der Waals surface area (Å²) in [5.74, 6) is 0.868. The highest BCUT2D eigenvalue weighted by molar-refractivity contribution is 8.00. The zero-order chi connectivity index (χ0) is 14.8. The van der Waals surface area contributed by atoms with Crippen LogP contribution in [-0.2, 0) is 6.42 Å². The minimum absolute atomic E-state index is 0.00474. The number of fused-ring (bicyclic) bond motifs is 1. The number of halogens is 1. The number of benzene rings is 2. The largest absolute Gasteiger partial charge is 0.497 e. The predicted molar refractivity (Wildman–Crippen MR) is 89.3 cm³/mol. The summed E-state index contributed by atoms with van der Waals surface area (Å²) in [7, 11) is 1.69. The highest BCUT2D eigenvalue weighted by atomic mass is 35.5. The molecule has 110 valence electrons. The first-order valence-electron chi connectivity index (χ1n) is 7.02. The van der Waals surface area contributed by atoms with Crippen LogP contribution in [0.5, 0.6) is 5.75 Å². The van der Waals surface area contributed by atoms with E-state index < -0.39 is 0 Å². The van der Waals surface area contributed by atoms with Crippen LogP contribution in [0.15, 0.2) is 47.4 Å². The number of hydrogen-bond acceptors (Lipinski definition) is 3. The van der Waals surface area contributed by atoms with Gasteiger partial charge in [0.05, 0.1) is 12.1 Å². The van der Waals surface area contributed by atoms with E-state index in [0.717, 1.165) is 28.5 Å². The molecule has 2 N–H and O–H groups in total. The lowest BCUT2D eigenvalue weighted by atomic mass is 9.87. The molecule has 2 aromatic rings. The van der Waals surface area contributed by atoms with Gasteiger partial charge in [-0.15, -0.1) is 11.8 Å². The van der Waals surface area contributed by atoms with Crippen molar-refractivity contribution in [2.75, 3.05) is 7.11 Å². The molecule has 1 aliphatic rings. The Hall–Kier alpha value is -1.16. The Morgan fingerprint density at radius 1 is 1.24 bits per heavy atom. The highest BCUT2D eigenvalue weighted by Crippen LogP contribution is 2.41. The molecule has 2 nitrogen and oxygen atoms in total. The van der Waals surface area contributed by atoms with Gasteiger partial charge in [-0.2, -0.15) is 0 Å². The molecule has 0 bridgehead atoms. The fourth-order valence-electron chi connectivity index (χ4n) is 2.75. The van der Waals surface area contributed by atoms with Crippen molar-refractivity contribution >= 4 is 23.4 Å². The molecule has 2 unspecified atom stereocenters. The van der Waals surface area contributed by atoms with Crippen molar-refractivity contribution in [1.82, 2.24) is 0 Å². The Morgan fingerprint density at radius 2 is 2.05 bits per heavy atom. The normalized spacial score (nSPS) is 20.9. The molecule has 4 heteroatoms. The molecular formula is C17H18ClNOS. The molecule has 0 aliphatic heterocycles. The number of nitrogens with two attached hydrogens (primary N) is 1. The number of hydrogen-bond donors (Lipinski definition) is 1. The molecule has 2 aromatic carbocycles. The van der Waals surface area contributed by atoms with Crippen molar-refractivity contribution < 1.29 is 4.74 Å². The molecule has 21 heavy (non-hydrogen) atoms. The van der Waals surface area contributed by atoms with E-state index in [0.29, 0.717) is 5.25 Å². The maximum absolute atomic E-state index is 6.49. The van der Waals surface area contributed by atoms with Crippen molar-refractivity contribution in [2.24, 2.45) is 5.73 Å². The predicted octanol–water partition coefficient (Wildman–Crippen LogP) is 4.46. The summed E-state index contributed by atoms with van der Waals surface area (Å²) in [6.07, 6.45) is 2.12. The van der Waals surface area contributed by atoms with E-state index >= 15 is 0 Å². The van der Waals surface area contributed by atoms with E-state index in [2.05, 4.69) is 18.2 Å². The summed E-state index contributed by atoms with van der Waals surface area (Å²) in [4.78, 5) is 1.10. The maximum atomic E-state index is 6.49. The third-order valence-corrected chi connectivity index (χ3v) is 5.81. The van der Waals surface area contributed by atoms with E-state index in [1.165, 1.54) is 11.1 Å². The minimum Gasteiger partial charge on any atom is -0.497 e. The minimum atomic E-state index is 0.00474. The molecule has 0 spiro atoms. The van der Waals surface area contributed by atoms with Crippen molar-refractivity contribution in [1.29, 1.82) is 0 Å². The van der Waals surface area contributed by atoms with Crippen LogP contribution < -0.4 is 10.5 Å². The van der Waals surface area contributed by atoms with Gasteiger partial charge in [0.25, 0.3) is 0 Å². The summed E-state index contributed by atoms with van der Waals surface area (Å²) in [6, 6.07) is 14.2. The Kier molecular flexibility index (Phi) is 4.43. The zero-order valence-electron chi connectivity index (χ0n) is 11.9. The fraction of sp³-hybridized carbons (Fsp3) is 0.294. The third-order valence-electron chi connectivity index (χ3n) is 3.93. The molecule has 0 radical (unpaired) electrons. The lowest BCUT2D eigenvalue weighted by Crippen LogP contribution is -2.29. The Labute approximate surface area is 134 Å². The molecule has 2 atom stereocenters. The van der Waals surface area contributed by atoms with Gasteiger partial charge >= 0.3 is 0 Å². The molecule has 0 amide bonds. The topological polar surface area (TPSA) is 35.2 Å². The van der Waals surface area contributed by atoms with Crippen LogP contribution in [0.4, 0.5) is 0 Å². The molecule has 0 saturated heterocycles. The Bertz CT molecular complexity index is 646. The van der Waals surface area contributed by atoms with E-state index in [1.807, 2.05) is 24.3 Å². The van der Waals surface area contributed by atoms with Crippen LogP contribution in [0.2, 0.25) is 5.02 Å². The van der Waals surface area contributed by atoms with E-state index in [4.69, 9.17) is 22.1 Å². The number of rotatable bonds is 3. The van der Waals surface area contributed by atoms with Crippen molar-refractivity contribution in [3.63, 3.8) is 0 Å². The van der Waals surface area contributed by atoms with E-state index in [1.54, 1.807) is 18.9 Å². The molecular weight excluding hydrogens is 302 g/mol. The van der Waals surface area contributed by atoms with Crippen molar-refractivity contribution in [3.05, 3.63) is 58.6 Å². The van der Waals surface area contributed by atoms with Crippen LogP contribution in [0.25, 0.3) is 0 Å². The van der Waals surface area contributed by atoms with Crippen LogP contribution in [0.1, 0.15) is 23.6 Å². The highest BCUT2D eigenvalue weighted by Gasteiger charge is 2.28. The maximum Gasteiger partial charge on any atom is 0.119 e. The van der Waals surface area contributed by atoms with Crippen LogP contribution in [-0.4, -0.2) is 12.4 Å². The number of methoxy groups -OCH3 is 1. The zero-order valence-corrected chi connectivity index (χ0v) is 13.5. The van der Waals surface area contributed by atoms with Gasteiger partial charge in [-0.1, -0.05) is 29.8 Å². The summed E-state index contributed by atoms with van der Waals surface area (Å²) >= 11 is 8.04. The van der Waals surface area contributed by atoms with Gasteiger partial charge in [0.2, 0.25) is 0 Å². The summed E-state index contributed by atoms with van der Waals surface area (Å²) < 4.78 is 5.32. The number of ether oxygens (including phenoxy) is 1. The lowest BCUT2D eigenvalue weighted by Gasteiger charge is -2.31. The molecule has 0 aromatic heterocycles. The smallest absolute Gasteiger partial charge is 0.119 e. The van der Waals surface area contributed by atoms with Gasteiger partial charge < -0.3 is 10.5 Å². The first kappa shape index (κ1) is 14.8. The van der Waals surface area contributed by atoms with Gasteiger partial charge in [0.15, 0.2) is 0 Å². The lowest BCUT2D eigenvalue weighted by molar-refractivity contribution is 0.412. The molecule has 0 saturated carbocycles. The first-order chi connectivity index (χ1) is 10.2. The Balaban J connectivity index is 1.85. The monoisotopic (exact) mass is 319 g/mol. The fourth-order valence-corrected chi connectivity index (χ4v) is 4.21. The van der Waals surface area contributed by atoms with Gasteiger partial charge in [0, 0.05) is 16.2 Å². The van der Waals surface area contributed by atoms with Gasteiger partial charge in [-0.3, -0.25) is 0 Å². The number of thioether (sulfide) groups is 1. The van der Waals surface area contributed by atoms with Crippen molar-refractivity contribution in [2.45, 2.75) is 29.0 Å². The number of aryl methyl sites for hydroxylation is 1. The van der Waals surface area contributed by atoms with Gasteiger partial charge in [-0.25, -0.2) is 0 Å². The SMILES string of the molecule is COc1ccc2c(c1)C(N)C(Sc1ccccc1Cl)CC2. The van der Waals surface area contributed by atoms with Crippen LogP contribution in [0, 0.1) is 0 Å².